The van der Waals surface area contributed by atoms with Crippen molar-refractivity contribution in [1.82, 2.24) is 0 Å². The zero-order valence-corrected chi connectivity index (χ0v) is 15.9. The van der Waals surface area contributed by atoms with Gasteiger partial charge in [0.1, 0.15) is 48.8 Å². The van der Waals surface area contributed by atoms with E-state index in [1.165, 1.54) is 6.07 Å². The number of rotatable bonds is 6. The zero-order valence-electron chi connectivity index (χ0n) is 15.9. The molecule has 2 unspecified atom stereocenters. The molecule has 1 aromatic rings. The SMILES string of the molecule is Cc1cc(OC2O[C@H](CO)[C@H](O)[C@H](O)[C@H]2O)oc1OC1O[C@H](CO)[C@H](O)[C@H](O)[C@H]1O. The molecular formula is C17H26O13. The van der Waals surface area contributed by atoms with E-state index >= 15 is 0 Å². The Hall–Kier alpha value is -1.52. The Kier molecular flexibility index (Phi) is 7.19. The molecule has 3 rings (SSSR count). The Morgan fingerprint density at radius 1 is 0.733 bits per heavy atom. The minimum Gasteiger partial charge on any atom is -0.432 e. The van der Waals surface area contributed by atoms with E-state index in [0.29, 0.717) is 5.56 Å². The van der Waals surface area contributed by atoms with Crippen LogP contribution in [0.4, 0.5) is 0 Å². The van der Waals surface area contributed by atoms with Gasteiger partial charge in [0.05, 0.1) is 13.2 Å². The highest BCUT2D eigenvalue weighted by Crippen LogP contribution is 2.33. The van der Waals surface area contributed by atoms with E-state index < -0.39 is 74.6 Å². The van der Waals surface area contributed by atoms with Crippen LogP contribution in [0.2, 0.25) is 0 Å². The van der Waals surface area contributed by atoms with Crippen molar-refractivity contribution in [2.45, 2.75) is 68.3 Å². The Labute approximate surface area is 170 Å². The maximum absolute atomic E-state index is 10.0. The Bertz CT molecular complexity index is 691. The van der Waals surface area contributed by atoms with Crippen LogP contribution in [-0.4, -0.2) is 115 Å². The van der Waals surface area contributed by atoms with Crippen molar-refractivity contribution >= 4 is 0 Å². The molecule has 2 aliphatic rings. The standard InChI is InChI=1S/C17H26O13/c1-5-2-8(29-16-13(24)11(22)9(20)6(3-18)26-16)28-15(5)30-17-14(25)12(23)10(21)7(4-19)27-17/h2,6-7,9-14,16-25H,3-4H2,1H3/t6-,7-,9+,10+,11+,12+,13-,14-,16?,17?/m1/s1. The van der Waals surface area contributed by atoms with Gasteiger partial charge in [-0.1, -0.05) is 0 Å². The van der Waals surface area contributed by atoms with Crippen LogP contribution in [0, 0.1) is 6.92 Å². The lowest BCUT2D eigenvalue weighted by Gasteiger charge is -2.39. The lowest BCUT2D eigenvalue weighted by molar-refractivity contribution is -0.283. The molecule has 2 aliphatic heterocycles. The van der Waals surface area contributed by atoms with Gasteiger partial charge < -0.3 is 64.2 Å². The van der Waals surface area contributed by atoms with Crippen LogP contribution in [0.15, 0.2) is 10.5 Å². The third-order valence-electron chi connectivity index (χ3n) is 5.00. The summed E-state index contributed by atoms with van der Waals surface area (Å²) in [5, 5.41) is 77.7. The molecule has 10 atom stereocenters. The van der Waals surface area contributed by atoms with E-state index in [-0.39, 0.29) is 11.9 Å². The third-order valence-corrected chi connectivity index (χ3v) is 5.00. The lowest BCUT2D eigenvalue weighted by Crippen LogP contribution is -2.60. The predicted octanol–water partition coefficient (Wildman–Crippen LogP) is -4.05. The summed E-state index contributed by atoms with van der Waals surface area (Å²) in [5.41, 5.74) is 0.353. The van der Waals surface area contributed by atoms with Crippen LogP contribution in [0.25, 0.3) is 0 Å². The maximum Gasteiger partial charge on any atom is 0.292 e. The van der Waals surface area contributed by atoms with Gasteiger partial charge in [-0.3, -0.25) is 0 Å². The molecular weight excluding hydrogens is 412 g/mol. The third kappa shape index (κ3) is 4.40. The molecule has 0 radical (unpaired) electrons. The molecule has 2 fully saturated rings. The summed E-state index contributed by atoms with van der Waals surface area (Å²) in [5.74, 6) is -0.421. The Morgan fingerprint density at radius 2 is 1.20 bits per heavy atom. The molecule has 0 amide bonds. The Morgan fingerprint density at radius 3 is 1.67 bits per heavy atom. The summed E-state index contributed by atoms with van der Waals surface area (Å²) < 4.78 is 26.5. The highest BCUT2D eigenvalue weighted by Gasteiger charge is 2.46. The fraction of sp³-hybridized carbons (Fsp3) is 0.765. The average Bonchev–Trinajstić information content (AvgIpc) is 3.07. The molecule has 8 N–H and O–H groups in total. The molecule has 0 aromatic carbocycles. The second-order valence-electron chi connectivity index (χ2n) is 7.17. The van der Waals surface area contributed by atoms with E-state index in [9.17, 15) is 40.9 Å². The maximum atomic E-state index is 10.0. The number of furan rings is 1. The van der Waals surface area contributed by atoms with E-state index in [1.807, 2.05) is 0 Å². The fourth-order valence-corrected chi connectivity index (χ4v) is 3.16. The highest BCUT2D eigenvalue weighted by atomic mass is 16.8. The van der Waals surface area contributed by atoms with E-state index in [1.54, 1.807) is 6.92 Å². The van der Waals surface area contributed by atoms with Crippen molar-refractivity contribution in [3.05, 3.63) is 11.6 Å². The van der Waals surface area contributed by atoms with Gasteiger partial charge in [0.25, 0.3) is 11.9 Å². The minimum atomic E-state index is -1.65. The number of aliphatic hydroxyl groups excluding tert-OH is 8. The smallest absolute Gasteiger partial charge is 0.292 e. The van der Waals surface area contributed by atoms with Crippen molar-refractivity contribution in [2.75, 3.05) is 13.2 Å². The minimum absolute atomic E-state index is 0.195. The molecule has 3 heterocycles. The largest absolute Gasteiger partial charge is 0.432 e. The molecule has 2 saturated heterocycles. The van der Waals surface area contributed by atoms with E-state index in [2.05, 4.69) is 0 Å². The number of aliphatic hydroxyl groups is 8. The lowest BCUT2D eigenvalue weighted by atomic mass is 9.99. The van der Waals surface area contributed by atoms with Crippen molar-refractivity contribution in [2.24, 2.45) is 0 Å². The number of hydrogen-bond acceptors (Lipinski definition) is 13. The summed E-state index contributed by atoms with van der Waals surface area (Å²) in [6.07, 6.45) is -15.0. The number of ether oxygens (including phenoxy) is 4. The summed E-state index contributed by atoms with van der Waals surface area (Å²) in [6, 6.07) is 1.33. The van der Waals surface area contributed by atoms with Crippen LogP contribution >= 0.6 is 0 Å². The van der Waals surface area contributed by atoms with Crippen molar-refractivity contribution in [3.63, 3.8) is 0 Å². The average molecular weight is 438 g/mol. The van der Waals surface area contributed by atoms with Gasteiger partial charge in [-0.25, -0.2) is 0 Å². The van der Waals surface area contributed by atoms with Gasteiger partial charge in [0.15, 0.2) is 0 Å². The van der Waals surface area contributed by atoms with Crippen LogP contribution in [0.3, 0.4) is 0 Å². The topological polar surface area (TPSA) is 212 Å². The van der Waals surface area contributed by atoms with Gasteiger partial charge in [-0.05, 0) is 6.92 Å². The van der Waals surface area contributed by atoms with Crippen LogP contribution in [-0.2, 0) is 9.47 Å². The summed E-state index contributed by atoms with van der Waals surface area (Å²) in [6.45, 7) is 0.282. The first-order valence-corrected chi connectivity index (χ1v) is 9.22. The van der Waals surface area contributed by atoms with E-state index in [0.717, 1.165) is 0 Å². The second-order valence-corrected chi connectivity index (χ2v) is 7.17. The molecule has 172 valence electrons. The molecule has 0 saturated carbocycles. The van der Waals surface area contributed by atoms with E-state index in [4.69, 9.17) is 23.4 Å². The Balaban J connectivity index is 1.69. The monoisotopic (exact) mass is 438 g/mol. The summed E-state index contributed by atoms with van der Waals surface area (Å²) in [7, 11) is 0. The molecule has 0 bridgehead atoms. The molecule has 1 aromatic heterocycles. The van der Waals surface area contributed by atoms with Crippen molar-refractivity contribution in [1.29, 1.82) is 0 Å². The van der Waals surface area contributed by atoms with Crippen molar-refractivity contribution in [3.8, 4) is 11.9 Å². The molecule has 13 heteroatoms. The van der Waals surface area contributed by atoms with Crippen LogP contribution in [0.1, 0.15) is 5.56 Å². The van der Waals surface area contributed by atoms with Crippen LogP contribution in [0.5, 0.6) is 11.9 Å². The van der Waals surface area contributed by atoms with Gasteiger partial charge in [0.2, 0.25) is 12.6 Å². The zero-order chi connectivity index (χ0) is 22.2. The first kappa shape index (κ1) is 23.1. The first-order chi connectivity index (χ1) is 14.2. The van der Waals surface area contributed by atoms with Gasteiger partial charge in [-0.2, -0.15) is 0 Å². The number of hydrogen-bond donors (Lipinski definition) is 8. The highest BCUT2D eigenvalue weighted by molar-refractivity contribution is 5.28. The van der Waals surface area contributed by atoms with Crippen molar-refractivity contribution < 1.29 is 64.2 Å². The summed E-state index contributed by atoms with van der Waals surface area (Å²) >= 11 is 0. The van der Waals surface area contributed by atoms with Gasteiger partial charge >= 0.3 is 0 Å². The van der Waals surface area contributed by atoms with Gasteiger partial charge in [-0.15, -0.1) is 0 Å². The summed E-state index contributed by atoms with van der Waals surface area (Å²) in [4.78, 5) is 0. The molecule has 13 nitrogen and oxygen atoms in total. The molecule has 0 aliphatic carbocycles. The quantitative estimate of drug-likeness (QED) is 0.213. The fourth-order valence-electron chi connectivity index (χ4n) is 3.16. The first-order valence-electron chi connectivity index (χ1n) is 9.22. The number of aryl methyl sites for hydroxylation is 1. The second kappa shape index (κ2) is 9.32. The molecule has 30 heavy (non-hydrogen) atoms. The predicted molar refractivity (Wildman–Crippen MR) is 92.2 cm³/mol. The van der Waals surface area contributed by atoms with Crippen LogP contribution < -0.4 is 9.47 Å². The normalized spacial score (nSPS) is 42.2. The van der Waals surface area contributed by atoms with Gasteiger partial charge in [0, 0.05) is 11.6 Å². The molecule has 0 spiro atoms.